The van der Waals surface area contributed by atoms with E-state index in [0.717, 1.165) is 44.0 Å². The Bertz CT molecular complexity index is 470. The molecule has 2 rings (SSSR count). The number of hydrogen-bond donors (Lipinski definition) is 0. The van der Waals surface area contributed by atoms with Gasteiger partial charge in [0.15, 0.2) is 0 Å². The van der Waals surface area contributed by atoms with Gasteiger partial charge in [0.1, 0.15) is 11.8 Å². The number of benzene rings is 1. The van der Waals surface area contributed by atoms with Crippen LogP contribution in [0.5, 0.6) is 5.75 Å². The summed E-state index contributed by atoms with van der Waals surface area (Å²) in [4.78, 5) is 4.69. The predicted octanol–water partition coefficient (Wildman–Crippen LogP) is 2.68. The number of likely N-dealkylation sites (N-methyl/N-ethyl adjacent to an activating group) is 1. The minimum Gasteiger partial charge on any atom is -0.491 e. The van der Waals surface area contributed by atoms with Crippen LogP contribution in [0, 0.1) is 11.3 Å². The smallest absolute Gasteiger partial charge is 0.123 e. The van der Waals surface area contributed by atoms with Crippen LogP contribution in [0.1, 0.15) is 32.4 Å². The second-order valence-electron chi connectivity index (χ2n) is 5.74. The molecular formula is C17H25N3O. The lowest BCUT2D eigenvalue weighted by Gasteiger charge is -2.36. The maximum Gasteiger partial charge on any atom is 0.123 e. The van der Waals surface area contributed by atoms with Gasteiger partial charge in [-0.3, -0.25) is 4.90 Å². The number of piperazine rings is 1. The Morgan fingerprint density at radius 2 is 1.76 bits per heavy atom. The van der Waals surface area contributed by atoms with Crippen molar-refractivity contribution in [3.8, 4) is 11.8 Å². The first-order chi connectivity index (χ1) is 10.1. The molecule has 0 N–H and O–H groups in total. The van der Waals surface area contributed by atoms with Crippen molar-refractivity contribution in [3.63, 3.8) is 0 Å². The van der Waals surface area contributed by atoms with Gasteiger partial charge in [-0.1, -0.05) is 19.1 Å². The number of rotatable bonds is 5. The van der Waals surface area contributed by atoms with E-state index in [0.29, 0.717) is 0 Å². The lowest BCUT2D eigenvalue weighted by Crippen LogP contribution is -2.47. The maximum absolute atomic E-state index is 9.53. The average Bonchev–Trinajstić information content (AvgIpc) is 2.50. The van der Waals surface area contributed by atoms with Crippen molar-refractivity contribution in [2.24, 2.45) is 0 Å². The summed E-state index contributed by atoms with van der Waals surface area (Å²) in [5.74, 6) is 0.862. The zero-order valence-corrected chi connectivity index (χ0v) is 13.2. The van der Waals surface area contributed by atoms with E-state index in [9.17, 15) is 5.26 Å². The molecule has 21 heavy (non-hydrogen) atoms. The monoisotopic (exact) mass is 287 g/mol. The summed E-state index contributed by atoms with van der Waals surface area (Å²) in [6, 6.07) is 10.2. The molecule has 1 heterocycles. The molecule has 0 amide bonds. The third-order valence-corrected chi connectivity index (χ3v) is 3.91. The molecule has 1 aliphatic heterocycles. The van der Waals surface area contributed by atoms with Crippen LogP contribution in [0.3, 0.4) is 0 Å². The van der Waals surface area contributed by atoms with E-state index in [2.05, 4.69) is 22.8 Å². The maximum atomic E-state index is 9.53. The SMILES string of the molecule is CCN1CCN(C(C#N)c2ccc(OC(C)C)cc2)CC1. The van der Waals surface area contributed by atoms with E-state index in [4.69, 9.17) is 4.74 Å². The predicted molar refractivity (Wildman–Crippen MR) is 84.2 cm³/mol. The highest BCUT2D eigenvalue weighted by Gasteiger charge is 2.24. The molecule has 114 valence electrons. The Kier molecular flexibility index (Phi) is 5.60. The third-order valence-electron chi connectivity index (χ3n) is 3.91. The topological polar surface area (TPSA) is 39.5 Å². The molecule has 4 heteroatoms. The number of nitrogens with zero attached hydrogens (tertiary/aromatic N) is 3. The van der Waals surface area contributed by atoms with Crippen molar-refractivity contribution < 1.29 is 4.74 Å². The Morgan fingerprint density at radius 3 is 2.24 bits per heavy atom. The molecule has 1 aromatic rings. The van der Waals surface area contributed by atoms with Crippen molar-refractivity contribution in [3.05, 3.63) is 29.8 Å². The zero-order valence-electron chi connectivity index (χ0n) is 13.2. The van der Waals surface area contributed by atoms with Gasteiger partial charge in [0.05, 0.1) is 12.2 Å². The van der Waals surface area contributed by atoms with Crippen molar-refractivity contribution in [2.75, 3.05) is 32.7 Å². The Morgan fingerprint density at radius 1 is 1.14 bits per heavy atom. The molecule has 4 nitrogen and oxygen atoms in total. The molecule has 0 aliphatic carbocycles. The first kappa shape index (κ1) is 15.8. The third kappa shape index (κ3) is 4.20. The zero-order chi connectivity index (χ0) is 15.2. The standard InChI is InChI=1S/C17H25N3O/c1-4-19-9-11-20(12-10-19)17(13-18)15-5-7-16(8-6-15)21-14(2)3/h5-8,14,17H,4,9-12H2,1-3H3. The fourth-order valence-corrected chi connectivity index (χ4v) is 2.71. The molecule has 0 bridgehead atoms. The number of ether oxygens (including phenoxy) is 1. The van der Waals surface area contributed by atoms with Crippen molar-refractivity contribution in [1.29, 1.82) is 5.26 Å². The van der Waals surface area contributed by atoms with Gasteiger partial charge in [-0.2, -0.15) is 5.26 Å². The second-order valence-corrected chi connectivity index (χ2v) is 5.74. The fourth-order valence-electron chi connectivity index (χ4n) is 2.71. The summed E-state index contributed by atoms with van der Waals surface area (Å²) in [7, 11) is 0. The van der Waals surface area contributed by atoms with E-state index >= 15 is 0 Å². The van der Waals surface area contributed by atoms with Gasteiger partial charge in [0.2, 0.25) is 0 Å². The lowest BCUT2D eigenvalue weighted by atomic mass is 10.1. The van der Waals surface area contributed by atoms with Crippen molar-refractivity contribution >= 4 is 0 Å². The van der Waals surface area contributed by atoms with E-state index in [1.54, 1.807) is 0 Å². The molecule has 1 saturated heterocycles. The van der Waals surface area contributed by atoms with Gasteiger partial charge in [-0.05, 0) is 38.1 Å². The Hall–Kier alpha value is -1.57. The first-order valence-corrected chi connectivity index (χ1v) is 7.76. The number of nitriles is 1. The van der Waals surface area contributed by atoms with E-state index in [1.807, 2.05) is 38.1 Å². The minimum atomic E-state index is -0.155. The van der Waals surface area contributed by atoms with Gasteiger partial charge in [0, 0.05) is 26.2 Å². The normalized spacial score (nSPS) is 18.4. The van der Waals surface area contributed by atoms with Crippen molar-refractivity contribution in [2.45, 2.75) is 32.9 Å². The molecule has 1 fully saturated rings. The average molecular weight is 287 g/mol. The van der Waals surface area contributed by atoms with Crippen LogP contribution in [0.4, 0.5) is 0 Å². The summed E-state index contributed by atoms with van der Waals surface area (Å²) in [6.45, 7) is 11.3. The first-order valence-electron chi connectivity index (χ1n) is 7.76. The molecule has 1 aliphatic rings. The minimum absolute atomic E-state index is 0.155. The van der Waals surface area contributed by atoms with Crippen LogP contribution >= 0.6 is 0 Å². The molecule has 1 unspecified atom stereocenters. The summed E-state index contributed by atoms with van der Waals surface area (Å²) >= 11 is 0. The van der Waals surface area contributed by atoms with Gasteiger partial charge in [-0.15, -0.1) is 0 Å². The van der Waals surface area contributed by atoms with Gasteiger partial charge < -0.3 is 9.64 Å². The van der Waals surface area contributed by atoms with Crippen molar-refractivity contribution in [1.82, 2.24) is 9.80 Å². The van der Waals surface area contributed by atoms with Crippen LogP contribution in [0.15, 0.2) is 24.3 Å². The summed E-state index contributed by atoms with van der Waals surface area (Å²) in [5.41, 5.74) is 1.05. The van der Waals surface area contributed by atoms with Crippen LogP contribution in [-0.2, 0) is 0 Å². The van der Waals surface area contributed by atoms with Crippen LogP contribution in [0.2, 0.25) is 0 Å². The van der Waals surface area contributed by atoms with Gasteiger partial charge in [-0.25, -0.2) is 0 Å². The van der Waals surface area contributed by atoms with E-state index in [1.165, 1.54) is 0 Å². The number of hydrogen-bond acceptors (Lipinski definition) is 4. The Labute approximate surface area is 127 Å². The van der Waals surface area contributed by atoms with Gasteiger partial charge in [0.25, 0.3) is 0 Å². The highest BCUT2D eigenvalue weighted by Crippen LogP contribution is 2.24. The van der Waals surface area contributed by atoms with E-state index < -0.39 is 0 Å². The fraction of sp³-hybridized carbons (Fsp3) is 0.588. The second kappa shape index (κ2) is 7.44. The van der Waals surface area contributed by atoms with E-state index in [-0.39, 0.29) is 12.1 Å². The highest BCUT2D eigenvalue weighted by atomic mass is 16.5. The molecule has 0 aromatic heterocycles. The highest BCUT2D eigenvalue weighted by molar-refractivity contribution is 5.32. The quantitative estimate of drug-likeness (QED) is 0.834. The molecule has 1 atom stereocenters. The largest absolute Gasteiger partial charge is 0.491 e. The Balaban J connectivity index is 2.03. The molecule has 0 radical (unpaired) electrons. The van der Waals surface area contributed by atoms with Gasteiger partial charge >= 0.3 is 0 Å². The summed E-state index contributed by atoms with van der Waals surface area (Å²) in [6.07, 6.45) is 0.171. The molecule has 0 spiro atoms. The lowest BCUT2D eigenvalue weighted by molar-refractivity contribution is 0.118. The van der Waals surface area contributed by atoms with Crippen LogP contribution < -0.4 is 4.74 Å². The molecule has 1 aromatic carbocycles. The van der Waals surface area contributed by atoms with Crippen LogP contribution in [0.25, 0.3) is 0 Å². The van der Waals surface area contributed by atoms with Crippen LogP contribution in [-0.4, -0.2) is 48.6 Å². The molecule has 0 saturated carbocycles. The summed E-state index contributed by atoms with van der Waals surface area (Å²) in [5, 5.41) is 9.53. The molecular weight excluding hydrogens is 262 g/mol. The summed E-state index contributed by atoms with van der Waals surface area (Å²) < 4.78 is 5.65.